The van der Waals surface area contributed by atoms with Crippen molar-refractivity contribution in [1.29, 1.82) is 0 Å². The minimum absolute atomic E-state index is 0. The number of allylic oxidation sites excluding steroid dienone is 1. The van der Waals surface area contributed by atoms with Gasteiger partial charge in [-0.15, -0.1) is 0 Å². The summed E-state index contributed by atoms with van der Waals surface area (Å²) in [5.41, 5.74) is 16.6. The number of fused-ring (bicyclic) bond motifs is 5. The predicted molar refractivity (Wildman–Crippen MR) is 171 cm³/mol. The van der Waals surface area contributed by atoms with Gasteiger partial charge in [-0.25, -0.2) is 0 Å². The van der Waals surface area contributed by atoms with E-state index >= 15 is 0 Å². The van der Waals surface area contributed by atoms with Crippen LogP contribution in [0.25, 0.3) is 39.1 Å². The van der Waals surface area contributed by atoms with Crippen molar-refractivity contribution in [3.05, 3.63) is 136 Å². The van der Waals surface area contributed by atoms with E-state index in [9.17, 15) is 0 Å². The molecule has 0 nitrogen and oxygen atoms in total. The van der Waals surface area contributed by atoms with Crippen LogP contribution in [0.5, 0.6) is 0 Å². The fraction of sp³-hybridized carbons (Fsp3) is 0.211. The molecule has 0 fully saturated rings. The molecule has 2 unspecified atom stereocenters. The molecule has 2 atom stereocenters. The summed E-state index contributed by atoms with van der Waals surface area (Å²) in [6.45, 7) is 9.78. The van der Waals surface area contributed by atoms with Gasteiger partial charge >= 0.3 is 253 Å². The number of hydrogen-bond donors (Lipinski definition) is 0. The van der Waals surface area contributed by atoms with Gasteiger partial charge in [0.15, 0.2) is 0 Å². The van der Waals surface area contributed by atoms with E-state index in [1.807, 2.05) is 0 Å². The quantitative estimate of drug-likeness (QED) is 0.235. The Morgan fingerprint density at radius 2 is 1.36 bits per heavy atom. The maximum absolute atomic E-state index is 2.58. The Morgan fingerprint density at radius 1 is 0.690 bits per heavy atom. The molecule has 2 aliphatic carbocycles. The molecule has 7 rings (SSSR count). The standard InChI is InChI=1S/C36H29.C2H7Si.2ClH.Zr/c1-3-10-26-22-34-30(35-23(2)19-20-24-11-4-7-14-28(24)35)16-9-18-32(34)36(26)31-17-8-15-29-27-13-6-5-12-25(27)21-33(29)31;1-3-2;;;/h4-9,11-22,36H,3,10H2,1-2H3;3H,1-2H3;2*1H;/q;;;;+2/p-2. The predicted octanol–water partition coefficient (Wildman–Crippen LogP) is 4.29. The van der Waals surface area contributed by atoms with Crippen molar-refractivity contribution in [3.8, 4) is 22.3 Å². The molecule has 5 aromatic carbocycles. The molecule has 42 heavy (non-hydrogen) atoms. The van der Waals surface area contributed by atoms with Crippen LogP contribution >= 0.6 is 0 Å². The number of aryl methyl sites for hydroxylation is 1. The average molecular weight is 683 g/mol. The zero-order chi connectivity index (χ0) is 27.4. The van der Waals surface area contributed by atoms with E-state index in [0.29, 0.717) is 9.54 Å². The molecule has 2 aliphatic rings. The van der Waals surface area contributed by atoms with Crippen LogP contribution in [-0.4, -0.2) is 5.92 Å². The van der Waals surface area contributed by atoms with Gasteiger partial charge in [-0.1, -0.05) is 0 Å². The largest absolute Gasteiger partial charge is 1.00 e. The first kappa shape index (κ1) is 31.2. The Labute approximate surface area is 275 Å². The van der Waals surface area contributed by atoms with Crippen LogP contribution in [0, 0.1) is 6.92 Å². The summed E-state index contributed by atoms with van der Waals surface area (Å²) < 4.78 is 0.688. The SMILES string of the molecule is CCCC1=Cc2c(-c3c(C)ccc4ccccc34)cccc2C1c1cccc2c1[CH]([Zr+2][SiH](C)C)c1ccccc1-2.[Cl-].[Cl-]. The van der Waals surface area contributed by atoms with Gasteiger partial charge in [0, 0.05) is 0 Å². The van der Waals surface area contributed by atoms with Crippen molar-refractivity contribution in [2.45, 2.75) is 49.3 Å². The molecule has 0 aliphatic heterocycles. The summed E-state index contributed by atoms with van der Waals surface area (Å²) in [4.78, 5) is 0. The summed E-state index contributed by atoms with van der Waals surface area (Å²) in [5, 5.41) is 2.67. The van der Waals surface area contributed by atoms with Crippen LogP contribution in [0.2, 0.25) is 13.1 Å². The van der Waals surface area contributed by atoms with Crippen molar-refractivity contribution in [1.82, 2.24) is 0 Å². The van der Waals surface area contributed by atoms with Crippen molar-refractivity contribution >= 4 is 22.8 Å². The zero-order valence-electron chi connectivity index (χ0n) is 24.7. The van der Waals surface area contributed by atoms with E-state index < -0.39 is 28.3 Å². The van der Waals surface area contributed by atoms with Crippen molar-refractivity contribution < 1.29 is 47.2 Å². The Kier molecular flexibility index (Phi) is 9.51. The zero-order valence-corrected chi connectivity index (χ0v) is 29.8. The van der Waals surface area contributed by atoms with E-state index in [-0.39, 0.29) is 24.8 Å². The third kappa shape index (κ3) is 5.13. The van der Waals surface area contributed by atoms with Gasteiger partial charge in [-0.05, 0) is 0 Å². The number of rotatable bonds is 6. The summed E-state index contributed by atoms with van der Waals surface area (Å²) in [6, 6.07) is 37.1. The summed E-state index contributed by atoms with van der Waals surface area (Å²) in [5.74, 6) is -0.264. The fourth-order valence-electron chi connectivity index (χ4n) is 7.34. The van der Waals surface area contributed by atoms with Crippen molar-refractivity contribution in [3.63, 3.8) is 0 Å². The number of benzene rings is 5. The molecule has 4 heteroatoms. The van der Waals surface area contributed by atoms with Gasteiger partial charge in [0.25, 0.3) is 0 Å². The van der Waals surface area contributed by atoms with E-state index in [1.165, 1.54) is 56.1 Å². The van der Waals surface area contributed by atoms with Crippen molar-refractivity contribution in [2.24, 2.45) is 0 Å². The van der Waals surface area contributed by atoms with E-state index in [0.717, 1.165) is 6.42 Å². The molecule has 5 aromatic rings. The van der Waals surface area contributed by atoms with Gasteiger partial charge in [-0.2, -0.15) is 0 Å². The Morgan fingerprint density at radius 3 is 2.14 bits per heavy atom. The van der Waals surface area contributed by atoms with E-state index in [4.69, 9.17) is 0 Å². The van der Waals surface area contributed by atoms with Gasteiger partial charge in [0.1, 0.15) is 0 Å². The Bertz CT molecular complexity index is 1810. The molecule has 0 saturated carbocycles. The molecule has 0 radical (unpaired) electrons. The molecule has 0 bridgehead atoms. The van der Waals surface area contributed by atoms with E-state index in [1.54, 1.807) is 22.3 Å². The van der Waals surface area contributed by atoms with Gasteiger partial charge in [-0.3, -0.25) is 0 Å². The molecule has 210 valence electrons. The monoisotopic (exact) mass is 680 g/mol. The first-order chi connectivity index (χ1) is 19.6. The summed E-state index contributed by atoms with van der Waals surface area (Å²) >= 11 is -0.549. The van der Waals surface area contributed by atoms with Crippen molar-refractivity contribution in [2.75, 3.05) is 0 Å². The summed E-state index contributed by atoms with van der Waals surface area (Å²) in [6.07, 6.45) is 4.90. The molecule has 0 N–H and O–H groups in total. The van der Waals surface area contributed by atoms with Crippen LogP contribution in [0.4, 0.5) is 0 Å². The van der Waals surface area contributed by atoms with Gasteiger partial charge in [0.2, 0.25) is 0 Å². The van der Waals surface area contributed by atoms with Crippen LogP contribution in [0.3, 0.4) is 0 Å². The maximum atomic E-state index is 2.58. The minimum Gasteiger partial charge on any atom is -1.00 e. The molecular weight excluding hydrogens is 647 g/mol. The molecular formula is C38H36Cl2SiZr. The third-order valence-corrected chi connectivity index (χ3v) is 18.7. The topological polar surface area (TPSA) is 0 Å². The second-order valence-electron chi connectivity index (χ2n) is 11.8. The first-order valence-electron chi connectivity index (χ1n) is 14.9. The minimum atomic E-state index is -0.616. The second kappa shape index (κ2) is 12.8. The molecule has 0 spiro atoms. The Hall–Kier alpha value is -2.22. The van der Waals surface area contributed by atoms with Gasteiger partial charge in [0.05, 0.1) is 0 Å². The normalized spacial score (nSPS) is 16.2. The van der Waals surface area contributed by atoms with Crippen LogP contribution < -0.4 is 24.8 Å². The first-order valence-corrected chi connectivity index (χ1v) is 23.4. The van der Waals surface area contributed by atoms with Crippen LogP contribution in [-0.2, 0) is 22.4 Å². The molecule has 0 heterocycles. The average Bonchev–Trinajstić information content (AvgIpc) is 3.49. The Balaban J connectivity index is 0.00000176. The maximum Gasteiger partial charge on any atom is -1.00 e. The van der Waals surface area contributed by atoms with Gasteiger partial charge < -0.3 is 24.8 Å². The van der Waals surface area contributed by atoms with Crippen LogP contribution in [0.1, 0.15) is 62.7 Å². The number of hydrogen-bond acceptors (Lipinski definition) is 0. The van der Waals surface area contributed by atoms with E-state index in [2.05, 4.69) is 130 Å². The molecule has 0 amide bonds. The third-order valence-electron chi connectivity index (χ3n) is 8.90. The van der Waals surface area contributed by atoms with Crippen LogP contribution in [0.15, 0.2) is 103 Å². The smallest absolute Gasteiger partial charge is 1.00 e. The fourth-order valence-corrected chi connectivity index (χ4v) is 17.2. The summed E-state index contributed by atoms with van der Waals surface area (Å²) in [7, 11) is 0. The second-order valence-corrected chi connectivity index (χ2v) is 26.9. The molecule has 0 aromatic heterocycles. The number of halogens is 2. The molecule has 0 saturated heterocycles.